The van der Waals surface area contributed by atoms with Gasteiger partial charge in [-0.15, -0.1) is 0 Å². The lowest BCUT2D eigenvalue weighted by atomic mass is 10.1. The zero-order valence-corrected chi connectivity index (χ0v) is 34.1. The minimum atomic E-state index is -0.839. The molecule has 0 unspecified atom stereocenters. The van der Waals surface area contributed by atoms with Crippen molar-refractivity contribution >= 4 is 24.0 Å². The van der Waals surface area contributed by atoms with E-state index in [4.69, 9.17) is 18.9 Å². The van der Waals surface area contributed by atoms with E-state index in [1.807, 2.05) is 0 Å². The Labute approximate surface area is 327 Å². The summed E-state index contributed by atoms with van der Waals surface area (Å²) in [4.78, 5) is 49.3. The minimum absolute atomic E-state index is 0.0566. The largest absolute Gasteiger partial charge is 0.441 e. The van der Waals surface area contributed by atoms with Crippen molar-refractivity contribution in [3.63, 3.8) is 0 Å². The fourth-order valence-corrected chi connectivity index (χ4v) is 7.03. The molecule has 2 rings (SSSR count). The van der Waals surface area contributed by atoms with Gasteiger partial charge >= 0.3 is 12.2 Å². The number of carbonyl (C=O) groups is 4. The topological polar surface area (TPSA) is 129 Å². The van der Waals surface area contributed by atoms with Crippen LogP contribution in [0.1, 0.15) is 194 Å². The van der Waals surface area contributed by atoms with Crippen LogP contribution in [0.3, 0.4) is 0 Å². The number of imide groups is 2. The predicted octanol–water partition coefficient (Wildman–Crippen LogP) is 11.1. The summed E-state index contributed by atoms with van der Waals surface area (Å²) in [7, 11) is 0. The SMILES string of the molecule is CCCCCCCC/C=C\CCCCCCCC(=O)NC(=O)O[C@H]1CO[C@H]2[C@@H]1OC[C@H]2OC(=O)NC(=O)CCCCCCC/C=C\CCCCCCCC. The van der Waals surface area contributed by atoms with Crippen LogP contribution < -0.4 is 10.6 Å². The van der Waals surface area contributed by atoms with E-state index in [1.165, 1.54) is 89.9 Å². The number of hydrogen-bond acceptors (Lipinski definition) is 8. The molecule has 4 amide bonds. The van der Waals surface area contributed by atoms with Crippen molar-refractivity contribution in [2.75, 3.05) is 13.2 Å². The van der Waals surface area contributed by atoms with Crippen LogP contribution in [0.5, 0.6) is 0 Å². The first-order valence-electron chi connectivity index (χ1n) is 22.0. The number of carbonyl (C=O) groups excluding carboxylic acids is 4. The Bertz CT molecular complexity index is 981. The molecule has 0 radical (unpaired) electrons. The molecule has 0 bridgehead atoms. The molecule has 2 heterocycles. The van der Waals surface area contributed by atoms with Crippen molar-refractivity contribution in [2.24, 2.45) is 0 Å². The van der Waals surface area contributed by atoms with E-state index in [9.17, 15) is 19.2 Å². The van der Waals surface area contributed by atoms with Gasteiger partial charge in [0.25, 0.3) is 0 Å². The molecule has 2 aliphatic heterocycles. The molecular formula is C44H76N2O8. The number of rotatable bonds is 32. The van der Waals surface area contributed by atoms with E-state index in [0.29, 0.717) is 12.8 Å². The van der Waals surface area contributed by atoms with Crippen molar-refractivity contribution in [3.8, 4) is 0 Å². The molecule has 0 aliphatic carbocycles. The van der Waals surface area contributed by atoms with Gasteiger partial charge in [0.1, 0.15) is 12.2 Å². The van der Waals surface area contributed by atoms with E-state index in [0.717, 1.165) is 64.2 Å². The van der Waals surface area contributed by atoms with Gasteiger partial charge in [0.05, 0.1) is 13.2 Å². The van der Waals surface area contributed by atoms with Crippen LogP contribution in [-0.2, 0) is 28.5 Å². The number of hydrogen-bond donors (Lipinski definition) is 2. The molecule has 0 aromatic carbocycles. The van der Waals surface area contributed by atoms with Crippen LogP contribution in [0.25, 0.3) is 0 Å². The summed E-state index contributed by atoms with van der Waals surface area (Å²) >= 11 is 0. The Hall–Kier alpha value is -2.72. The Balaban J connectivity index is 1.44. The maximum Gasteiger partial charge on any atom is 0.414 e. The monoisotopic (exact) mass is 761 g/mol. The minimum Gasteiger partial charge on any atom is -0.441 e. The fourth-order valence-electron chi connectivity index (χ4n) is 7.03. The number of unbranched alkanes of at least 4 members (excludes halogenated alkanes) is 22. The van der Waals surface area contributed by atoms with E-state index >= 15 is 0 Å². The van der Waals surface area contributed by atoms with E-state index in [1.54, 1.807) is 0 Å². The van der Waals surface area contributed by atoms with Gasteiger partial charge in [0.15, 0.2) is 12.2 Å². The average Bonchev–Trinajstić information content (AvgIpc) is 3.74. The third-order valence-corrected chi connectivity index (χ3v) is 10.3. The van der Waals surface area contributed by atoms with Gasteiger partial charge < -0.3 is 18.9 Å². The van der Waals surface area contributed by atoms with Crippen LogP contribution in [0.15, 0.2) is 24.3 Å². The Morgan fingerprint density at radius 2 is 0.759 bits per heavy atom. The number of nitrogens with one attached hydrogen (secondary N) is 2. The standard InChI is InChI=1S/C44H76N2O8/c1-3-5-7-9-11-13-15-17-19-21-23-25-27-29-31-33-39(47)45-43(49)53-37-35-51-42-38(36-52-41(37)42)54-44(50)46-40(48)34-32-30-28-26-24-22-20-18-16-14-12-10-8-6-4-2/h17-20,37-38,41-42H,3-16,21-36H2,1-2H3,(H,45,47,49)(H,46,48,50)/b19-17-,20-18-/t37-,38+,41-,42-/m1/s1. The van der Waals surface area contributed by atoms with Crippen molar-refractivity contribution in [1.29, 1.82) is 0 Å². The molecule has 2 aliphatic rings. The lowest BCUT2D eigenvalue weighted by molar-refractivity contribution is -0.121. The Kier molecular flexibility index (Phi) is 28.6. The van der Waals surface area contributed by atoms with Crippen molar-refractivity contribution in [2.45, 2.75) is 218 Å². The van der Waals surface area contributed by atoms with Crippen LogP contribution in [-0.4, -0.2) is 61.6 Å². The summed E-state index contributed by atoms with van der Waals surface area (Å²) in [6, 6.07) is 0. The summed E-state index contributed by atoms with van der Waals surface area (Å²) < 4.78 is 22.3. The summed E-state index contributed by atoms with van der Waals surface area (Å²) in [5.41, 5.74) is 0. The Morgan fingerprint density at radius 1 is 0.463 bits per heavy atom. The summed E-state index contributed by atoms with van der Waals surface area (Å²) in [5, 5.41) is 4.59. The highest BCUT2D eigenvalue weighted by molar-refractivity contribution is 5.92. The number of ether oxygens (including phenoxy) is 4. The van der Waals surface area contributed by atoms with Crippen LogP contribution in [0, 0.1) is 0 Å². The number of alkyl carbamates (subject to hydrolysis) is 2. The first-order chi connectivity index (χ1) is 26.4. The lowest BCUT2D eigenvalue weighted by Crippen LogP contribution is -2.41. The molecule has 2 N–H and O–H groups in total. The van der Waals surface area contributed by atoms with Crippen molar-refractivity contribution < 1.29 is 38.1 Å². The van der Waals surface area contributed by atoms with Crippen molar-refractivity contribution in [1.82, 2.24) is 10.6 Å². The summed E-state index contributed by atoms with van der Waals surface area (Å²) in [5.74, 6) is -0.741. The predicted molar refractivity (Wildman–Crippen MR) is 215 cm³/mol. The highest BCUT2D eigenvalue weighted by Gasteiger charge is 2.51. The van der Waals surface area contributed by atoms with Gasteiger partial charge in [-0.25, -0.2) is 9.59 Å². The molecule has 2 saturated heterocycles. The second-order valence-electron chi connectivity index (χ2n) is 15.2. The third kappa shape index (κ3) is 23.9. The van der Waals surface area contributed by atoms with Crippen LogP contribution >= 0.6 is 0 Å². The van der Waals surface area contributed by atoms with E-state index in [-0.39, 0.29) is 37.9 Å². The zero-order valence-electron chi connectivity index (χ0n) is 34.1. The second-order valence-corrected chi connectivity index (χ2v) is 15.2. The summed E-state index contributed by atoms with van der Waals surface area (Å²) in [6.45, 7) is 4.61. The smallest absolute Gasteiger partial charge is 0.414 e. The van der Waals surface area contributed by atoms with Gasteiger partial charge in [0.2, 0.25) is 11.8 Å². The van der Waals surface area contributed by atoms with Gasteiger partial charge in [0, 0.05) is 12.8 Å². The van der Waals surface area contributed by atoms with Gasteiger partial charge in [-0.3, -0.25) is 20.2 Å². The first kappa shape index (κ1) is 47.4. The second kappa shape index (κ2) is 32.5. The highest BCUT2D eigenvalue weighted by Crippen LogP contribution is 2.30. The molecule has 0 aromatic heterocycles. The van der Waals surface area contributed by atoms with Crippen LogP contribution in [0.4, 0.5) is 9.59 Å². The molecule has 10 heteroatoms. The van der Waals surface area contributed by atoms with Crippen molar-refractivity contribution in [3.05, 3.63) is 24.3 Å². The molecule has 0 spiro atoms. The maximum absolute atomic E-state index is 12.4. The van der Waals surface area contributed by atoms with Gasteiger partial charge in [-0.2, -0.15) is 0 Å². The molecule has 10 nitrogen and oxygen atoms in total. The average molecular weight is 761 g/mol. The molecule has 0 aromatic rings. The molecule has 2 fully saturated rings. The lowest BCUT2D eigenvalue weighted by Gasteiger charge is -2.17. The highest BCUT2D eigenvalue weighted by atomic mass is 16.7. The normalized spacial score (nSPS) is 19.4. The number of fused-ring (bicyclic) bond motifs is 1. The van der Waals surface area contributed by atoms with Crippen LogP contribution in [0.2, 0.25) is 0 Å². The van der Waals surface area contributed by atoms with E-state index < -0.39 is 36.6 Å². The molecular weight excluding hydrogens is 684 g/mol. The third-order valence-electron chi connectivity index (χ3n) is 10.3. The fraction of sp³-hybridized carbons (Fsp3) is 0.818. The zero-order chi connectivity index (χ0) is 38.9. The molecule has 310 valence electrons. The molecule has 54 heavy (non-hydrogen) atoms. The summed E-state index contributed by atoms with van der Waals surface area (Å²) in [6.07, 6.45) is 36.0. The number of amides is 4. The number of allylic oxidation sites excluding steroid dienone is 4. The molecule has 0 saturated carbocycles. The molecule has 4 atom stereocenters. The van der Waals surface area contributed by atoms with Gasteiger partial charge in [-0.05, 0) is 64.2 Å². The Morgan fingerprint density at radius 3 is 1.09 bits per heavy atom. The van der Waals surface area contributed by atoms with E-state index in [2.05, 4.69) is 48.8 Å². The quantitative estimate of drug-likeness (QED) is 0.0512. The first-order valence-corrected chi connectivity index (χ1v) is 22.0. The maximum atomic E-state index is 12.4. The van der Waals surface area contributed by atoms with Gasteiger partial charge in [-0.1, -0.05) is 141 Å².